The monoisotopic (exact) mass is 399 g/mol. The van der Waals surface area contributed by atoms with Crippen LogP contribution in [0.3, 0.4) is 0 Å². The molecule has 2 heterocycles. The molecule has 1 saturated heterocycles. The van der Waals surface area contributed by atoms with Gasteiger partial charge in [-0.15, -0.1) is 0 Å². The van der Waals surface area contributed by atoms with Crippen molar-refractivity contribution in [3.63, 3.8) is 0 Å². The normalized spacial score (nSPS) is 17.1. The molecule has 1 unspecified atom stereocenters. The van der Waals surface area contributed by atoms with Crippen LogP contribution in [0.2, 0.25) is 0 Å². The standard InChI is InChI=1S/C22H33N5O2/c1-3-23-22(27-11-9-20(17-27)18-29-14-13-28-2)25-15-21-24-10-12-26(21)16-19-7-5-4-6-8-19/h4-8,10,12,20H,3,9,11,13-18H2,1-2H3,(H,23,25). The summed E-state index contributed by atoms with van der Waals surface area (Å²) in [6.07, 6.45) is 5.00. The van der Waals surface area contributed by atoms with Crippen LogP contribution >= 0.6 is 0 Å². The molecule has 3 rings (SSSR count). The van der Waals surface area contributed by atoms with Crippen molar-refractivity contribution < 1.29 is 9.47 Å². The fourth-order valence-electron chi connectivity index (χ4n) is 3.54. The first kappa shape index (κ1) is 21.3. The molecule has 29 heavy (non-hydrogen) atoms. The van der Waals surface area contributed by atoms with Crippen LogP contribution in [0.1, 0.15) is 24.7 Å². The number of hydrogen-bond acceptors (Lipinski definition) is 4. The summed E-state index contributed by atoms with van der Waals surface area (Å²) in [5, 5.41) is 3.43. The van der Waals surface area contributed by atoms with E-state index in [0.717, 1.165) is 51.0 Å². The maximum absolute atomic E-state index is 5.71. The van der Waals surface area contributed by atoms with Crippen LogP contribution in [0.15, 0.2) is 47.7 Å². The van der Waals surface area contributed by atoms with Crippen molar-refractivity contribution >= 4 is 5.96 Å². The van der Waals surface area contributed by atoms with Crippen molar-refractivity contribution in [2.24, 2.45) is 10.9 Å². The van der Waals surface area contributed by atoms with E-state index in [1.54, 1.807) is 7.11 Å². The predicted octanol–water partition coefficient (Wildman–Crippen LogP) is 2.38. The van der Waals surface area contributed by atoms with Crippen molar-refractivity contribution in [3.05, 3.63) is 54.1 Å². The topological polar surface area (TPSA) is 63.9 Å². The third-order valence-corrected chi connectivity index (χ3v) is 5.07. The third kappa shape index (κ3) is 6.58. The number of rotatable bonds is 10. The number of benzene rings is 1. The highest BCUT2D eigenvalue weighted by Crippen LogP contribution is 2.17. The molecular weight excluding hydrogens is 366 g/mol. The second-order valence-corrected chi connectivity index (χ2v) is 7.30. The summed E-state index contributed by atoms with van der Waals surface area (Å²) < 4.78 is 12.9. The first-order chi connectivity index (χ1) is 14.3. The van der Waals surface area contributed by atoms with E-state index in [4.69, 9.17) is 14.5 Å². The maximum atomic E-state index is 5.71. The molecule has 1 N–H and O–H groups in total. The predicted molar refractivity (Wildman–Crippen MR) is 115 cm³/mol. The van der Waals surface area contributed by atoms with Gasteiger partial charge in [-0.3, -0.25) is 0 Å². The highest BCUT2D eigenvalue weighted by molar-refractivity contribution is 5.80. The van der Waals surface area contributed by atoms with Gasteiger partial charge in [0.25, 0.3) is 0 Å². The molecular formula is C22H33N5O2. The van der Waals surface area contributed by atoms with Crippen LogP contribution in [0.4, 0.5) is 0 Å². The second-order valence-electron chi connectivity index (χ2n) is 7.30. The zero-order valence-corrected chi connectivity index (χ0v) is 17.6. The fourth-order valence-corrected chi connectivity index (χ4v) is 3.54. The van der Waals surface area contributed by atoms with Crippen LogP contribution in [0.5, 0.6) is 0 Å². The van der Waals surface area contributed by atoms with Gasteiger partial charge < -0.3 is 24.3 Å². The number of guanidine groups is 1. The second kappa shape index (κ2) is 11.6. The largest absolute Gasteiger partial charge is 0.382 e. The number of nitrogens with one attached hydrogen (secondary N) is 1. The Morgan fingerprint density at radius 2 is 2.14 bits per heavy atom. The quantitative estimate of drug-likeness (QED) is 0.378. The minimum Gasteiger partial charge on any atom is -0.382 e. The van der Waals surface area contributed by atoms with Crippen molar-refractivity contribution in [3.8, 4) is 0 Å². The van der Waals surface area contributed by atoms with Crippen molar-refractivity contribution in [1.29, 1.82) is 0 Å². The Balaban J connectivity index is 1.57. The highest BCUT2D eigenvalue weighted by atomic mass is 16.5. The van der Waals surface area contributed by atoms with Crippen LogP contribution in [0, 0.1) is 5.92 Å². The average molecular weight is 400 g/mol. The number of ether oxygens (including phenoxy) is 2. The Hall–Kier alpha value is -2.38. The molecule has 0 bridgehead atoms. The van der Waals surface area contributed by atoms with E-state index >= 15 is 0 Å². The van der Waals surface area contributed by atoms with Gasteiger partial charge in [0.15, 0.2) is 5.96 Å². The molecule has 7 heteroatoms. The average Bonchev–Trinajstić information content (AvgIpc) is 3.39. The van der Waals surface area contributed by atoms with E-state index in [9.17, 15) is 0 Å². The third-order valence-electron chi connectivity index (χ3n) is 5.07. The molecule has 1 atom stereocenters. The van der Waals surface area contributed by atoms with E-state index in [1.807, 2.05) is 18.5 Å². The van der Waals surface area contributed by atoms with E-state index in [0.29, 0.717) is 25.7 Å². The number of aliphatic imine (C=N–C) groups is 1. The van der Waals surface area contributed by atoms with E-state index in [-0.39, 0.29) is 0 Å². The van der Waals surface area contributed by atoms with Gasteiger partial charge in [0.1, 0.15) is 12.4 Å². The lowest BCUT2D eigenvalue weighted by Crippen LogP contribution is -2.40. The zero-order chi connectivity index (χ0) is 20.3. The molecule has 1 fully saturated rings. The van der Waals surface area contributed by atoms with E-state index < -0.39 is 0 Å². The van der Waals surface area contributed by atoms with Crippen molar-refractivity contribution in [2.45, 2.75) is 26.4 Å². The first-order valence-electron chi connectivity index (χ1n) is 10.4. The minimum absolute atomic E-state index is 0.538. The molecule has 2 aromatic rings. The summed E-state index contributed by atoms with van der Waals surface area (Å²) in [5.74, 6) is 2.47. The van der Waals surface area contributed by atoms with Crippen molar-refractivity contribution in [2.75, 3.05) is 46.6 Å². The SMILES string of the molecule is CCNC(=NCc1nccn1Cc1ccccc1)N1CCC(COCCOC)C1. The summed E-state index contributed by atoms with van der Waals surface area (Å²) in [4.78, 5) is 11.7. The van der Waals surface area contributed by atoms with Crippen LogP contribution < -0.4 is 5.32 Å². The van der Waals surface area contributed by atoms with Gasteiger partial charge in [0.05, 0.1) is 19.8 Å². The van der Waals surface area contributed by atoms with Gasteiger partial charge in [-0.05, 0) is 18.9 Å². The summed E-state index contributed by atoms with van der Waals surface area (Å²) in [7, 11) is 1.70. The molecule has 0 radical (unpaired) electrons. The lowest BCUT2D eigenvalue weighted by molar-refractivity contribution is 0.0536. The molecule has 0 aliphatic carbocycles. The van der Waals surface area contributed by atoms with Gasteiger partial charge in [-0.1, -0.05) is 30.3 Å². The molecule has 0 spiro atoms. The minimum atomic E-state index is 0.538. The number of hydrogen-bond donors (Lipinski definition) is 1. The molecule has 1 aliphatic heterocycles. The molecule has 0 saturated carbocycles. The van der Waals surface area contributed by atoms with Gasteiger partial charge in [0.2, 0.25) is 0 Å². The van der Waals surface area contributed by atoms with Crippen molar-refractivity contribution in [1.82, 2.24) is 19.8 Å². The van der Waals surface area contributed by atoms with Gasteiger partial charge in [-0.25, -0.2) is 9.98 Å². The number of nitrogens with zero attached hydrogens (tertiary/aromatic N) is 4. The van der Waals surface area contributed by atoms with Crippen LogP contribution in [0.25, 0.3) is 0 Å². The molecule has 1 aliphatic rings. The Kier molecular flexibility index (Phi) is 8.52. The summed E-state index contributed by atoms with van der Waals surface area (Å²) in [6.45, 7) is 8.39. The number of imidazole rings is 1. The zero-order valence-electron chi connectivity index (χ0n) is 17.6. The molecule has 0 amide bonds. The molecule has 1 aromatic heterocycles. The lowest BCUT2D eigenvalue weighted by Gasteiger charge is -2.21. The van der Waals surface area contributed by atoms with Crippen LogP contribution in [-0.2, 0) is 22.6 Å². The Bertz CT molecular complexity index is 747. The Morgan fingerprint density at radius 1 is 1.28 bits per heavy atom. The number of methoxy groups -OCH3 is 1. The molecule has 158 valence electrons. The fraction of sp³-hybridized carbons (Fsp3) is 0.545. The van der Waals surface area contributed by atoms with E-state index in [2.05, 4.69) is 51.0 Å². The molecule has 1 aromatic carbocycles. The maximum Gasteiger partial charge on any atom is 0.194 e. The molecule has 7 nitrogen and oxygen atoms in total. The highest BCUT2D eigenvalue weighted by Gasteiger charge is 2.25. The summed E-state index contributed by atoms with van der Waals surface area (Å²) in [5.41, 5.74) is 1.26. The summed E-state index contributed by atoms with van der Waals surface area (Å²) >= 11 is 0. The summed E-state index contributed by atoms with van der Waals surface area (Å²) in [6, 6.07) is 10.4. The van der Waals surface area contributed by atoms with Gasteiger partial charge >= 0.3 is 0 Å². The van der Waals surface area contributed by atoms with E-state index in [1.165, 1.54) is 5.56 Å². The van der Waals surface area contributed by atoms with Gasteiger partial charge in [0, 0.05) is 51.6 Å². The van der Waals surface area contributed by atoms with Gasteiger partial charge in [-0.2, -0.15) is 0 Å². The number of aromatic nitrogens is 2. The number of likely N-dealkylation sites (tertiary alicyclic amines) is 1. The Morgan fingerprint density at radius 3 is 2.93 bits per heavy atom. The smallest absolute Gasteiger partial charge is 0.194 e. The Labute approximate surface area is 173 Å². The first-order valence-corrected chi connectivity index (χ1v) is 10.4. The lowest BCUT2D eigenvalue weighted by atomic mass is 10.1. The van der Waals surface area contributed by atoms with Crippen LogP contribution in [-0.4, -0.2) is 67.0 Å².